The molecule has 1 unspecified atom stereocenters. The minimum Gasteiger partial charge on any atom is -0.480 e. The van der Waals surface area contributed by atoms with Crippen molar-refractivity contribution in [1.82, 2.24) is 5.01 Å². The molecule has 1 rings (SSSR count). The number of aliphatic carboxylic acids is 1. The number of likely N-dealkylation sites (N-methyl/N-ethyl adjacent to an activating group) is 1. The third-order valence-corrected chi connectivity index (χ3v) is 2.32. The Hall–Kier alpha value is -1.39. The first-order valence-corrected chi connectivity index (χ1v) is 4.93. The van der Waals surface area contributed by atoms with Gasteiger partial charge >= 0.3 is 5.97 Å². The molecule has 15 heavy (non-hydrogen) atoms. The van der Waals surface area contributed by atoms with Crippen LogP contribution in [0.5, 0.6) is 0 Å². The molecule has 0 fully saturated rings. The van der Waals surface area contributed by atoms with Gasteiger partial charge in [0.25, 0.3) is 0 Å². The lowest BCUT2D eigenvalue weighted by atomic mass is 10.1. The standard InChI is InChI=1S/C11H16N2O2/c1-2-13(12)10(11(14)15)8-9-6-4-3-5-7-9/h3-7,10H,2,8,12H2,1H3,(H,14,15). The van der Waals surface area contributed by atoms with Crippen LogP contribution in [0.25, 0.3) is 0 Å². The highest BCUT2D eigenvalue weighted by atomic mass is 16.4. The molecule has 1 aromatic carbocycles. The third kappa shape index (κ3) is 3.34. The quantitative estimate of drug-likeness (QED) is 0.557. The topological polar surface area (TPSA) is 66.6 Å². The van der Waals surface area contributed by atoms with Gasteiger partial charge in [-0.1, -0.05) is 37.3 Å². The van der Waals surface area contributed by atoms with Crippen LogP contribution in [0, 0.1) is 0 Å². The fourth-order valence-corrected chi connectivity index (χ4v) is 1.40. The fourth-order valence-electron chi connectivity index (χ4n) is 1.40. The zero-order valence-corrected chi connectivity index (χ0v) is 8.76. The van der Waals surface area contributed by atoms with Crippen molar-refractivity contribution in [3.8, 4) is 0 Å². The summed E-state index contributed by atoms with van der Waals surface area (Å²) in [5.74, 6) is 4.73. The highest BCUT2D eigenvalue weighted by Gasteiger charge is 2.22. The van der Waals surface area contributed by atoms with E-state index in [4.69, 9.17) is 10.9 Å². The number of carboxylic acid groups (broad SMARTS) is 1. The van der Waals surface area contributed by atoms with Crippen LogP contribution in [-0.4, -0.2) is 28.7 Å². The number of hydrogen-bond donors (Lipinski definition) is 2. The van der Waals surface area contributed by atoms with Crippen molar-refractivity contribution in [3.63, 3.8) is 0 Å². The monoisotopic (exact) mass is 208 g/mol. The van der Waals surface area contributed by atoms with E-state index in [1.54, 1.807) is 0 Å². The van der Waals surface area contributed by atoms with Gasteiger partial charge in [0, 0.05) is 6.54 Å². The summed E-state index contributed by atoms with van der Waals surface area (Å²) >= 11 is 0. The third-order valence-electron chi connectivity index (χ3n) is 2.32. The molecule has 0 amide bonds. The predicted octanol–water partition coefficient (Wildman–Crippen LogP) is 0.878. The number of benzene rings is 1. The molecule has 4 heteroatoms. The fraction of sp³-hybridized carbons (Fsp3) is 0.364. The number of hydrazine groups is 1. The molecule has 0 saturated carbocycles. The highest BCUT2D eigenvalue weighted by molar-refractivity contribution is 5.73. The normalized spacial score (nSPS) is 12.7. The van der Waals surface area contributed by atoms with Crippen molar-refractivity contribution in [1.29, 1.82) is 0 Å². The molecule has 1 atom stereocenters. The first-order chi connectivity index (χ1) is 7.15. The molecule has 0 spiro atoms. The molecule has 0 radical (unpaired) electrons. The largest absolute Gasteiger partial charge is 0.480 e. The number of carbonyl (C=O) groups is 1. The molecule has 0 aliphatic carbocycles. The van der Waals surface area contributed by atoms with Crippen LogP contribution in [0.2, 0.25) is 0 Å². The van der Waals surface area contributed by atoms with E-state index in [0.717, 1.165) is 5.56 Å². The minimum absolute atomic E-state index is 0.431. The van der Waals surface area contributed by atoms with Crippen LogP contribution in [0.4, 0.5) is 0 Å². The second kappa shape index (κ2) is 5.48. The number of rotatable bonds is 5. The van der Waals surface area contributed by atoms with E-state index in [-0.39, 0.29) is 0 Å². The number of nitrogens with two attached hydrogens (primary N) is 1. The smallest absolute Gasteiger partial charge is 0.322 e. The van der Waals surface area contributed by atoms with E-state index in [2.05, 4.69) is 0 Å². The molecule has 4 nitrogen and oxygen atoms in total. The Kier molecular flexibility index (Phi) is 4.27. The first kappa shape index (κ1) is 11.7. The summed E-state index contributed by atoms with van der Waals surface area (Å²) in [6.45, 7) is 2.35. The van der Waals surface area contributed by atoms with Gasteiger partial charge in [-0.2, -0.15) is 0 Å². The Bertz CT molecular complexity index is 314. The van der Waals surface area contributed by atoms with E-state index in [1.165, 1.54) is 5.01 Å². The molecule has 0 aromatic heterocycles. The molecular weight excluding hydrogens is 192 g/mol. The number of nitrogens with zero attached hydrogens (tertiary/aromatic N) is 1. The van der Waals surface area contributed by atoms with E-state index in [1.807, 2.05) is 37.3 Å². The van der Waals surface area contributed by atoms with Crippen molar-refractivity contribution in [2.75, 3.05) is 6.54 Å². The summed E-state index contributed by atoms with van der Waals surface area (Å²) in [6, 6.07) is 8.83. The van der Waals surface area contributed by atoms with E-state index < -0.39 is 12.0 Å². The van der Waals surface area contributed by atoms with Crippen LogP contribution < -0.4 is 5.84 Å². The average molecular weight is 208 g/mol. The summed E-state index contributed by atoms with van der Waals surface area (Å²) in [4.78, 5) is 11.0. The lowest BCUT2D eigenvalue weighted by molar-refractivity contribution is -0.143. The zero-order valence-electron chi connectivity index (χ0n) is 8.76. The van der Waals surface area contributed by atoms with Crippen LogP contribution in [0.3, 0.4) is 0 Å². The van der Waals surface area contributed by atoms with Crippen molar-refractivity contribution < 1.29 is 9.90 Å². The summed E-state index contributed by atoms with van der Waals surface area (Å²) in [5.41, 5.74) is 0.980. The van der Waals surface area contributed by atoms with Gasteiger partial charge in [-0.3, -0.25) is 10.6 Å². The Morgan fingerprint density at radius 1 is 1.47 bits per heavy atom. The van der Waals surface area contributed by atoms with E-state index in [0.29, 0.717) is 13.0 Å². The van der Waals surface area contributed by atoms with Crippen molar-refractivity contribution in [2.45, 2.75) is 19.4 Å². The van der Waals surface area contributed by atoms with Gasteiger partial charge in [-0.25, -0.2) is 5.01 Å². The molecule has 82 valence electrons. The predicted molar refractivity (Wildman–Crippen MR) is 58.1 cm³/mol. The summed E-state index contributed by atoms with van der Waals surface area (Å²) in [6.07, 6.45) is 0.431. The number of hydrogen-bond acceptors (Lipinski definition) is 3. The molecular formula is C11H16N2O2. The van der Waals surface area contributed by atoms with Gasteiger partial charge in [0.2, 0.25) is 0 Å². The van der Waals surface area contributed by atoms with Gasteiger partial charge in [0.05, 0.1) is 0 Å². The van der Waals surface area contributed by atoms with Gasteiger partial charge in [0.15, 0.2) is 0 Å². The Morgan fingerprint density at radius 2 is 2.07 bits per heavy atom. The summed E-state index contributed by atoms with van der Waals surface area (Å²) in [7, 11) is 0. The van der Waals surface area contributed by atoms with Crippen LogP contribution in [0.15, 0.2) is 30.3 Å². The lowest BCUT2D eigenvalue weighted by Gasteiger charge is -2.22. The van der Waals surface area contributed by atoms with Crippen LogP contribution in [-0.2, 0) is 11.2 Å². The SMILES string of the molecule is CCN(N)C(Cc1ccccc1)C(=O)O. The average Bonchev–Trinajstić information content (AvgIpc) is 2.26. The highest BCUT2D eigenvalue weighted by Crippen LogP contribution is 2.06. The van der Waals surface area contributed by atoms with Gasteiger partial charge in [0.1, 0.15) is 6.04 Å². The van der Waals surface area contributed by atoms with Crippen molar-refractivity contribution >= 4 is 5.97 Å². The van der Waals surface area contributed by atoms with E-state index in [9.17, 15) is 4.79 Å². The molecule has 1 aromatic rings. The Balaban J connectivity index is 2.71. The maximum atomic E-state index is 11.0. The number of carboxylic acids is 1. The molecule has 0 saturated heterocycles. The maximum Gasteiger partial charge on any atom is 0.322 e. The molecule has 0 aliphatic heterocycles. The van der Waals surface area contributed by atoms with Gasteiger partial charge in [-0.15, -0.1) is 0 Å². The van der Waals surface area contributed by atoms with Crippen LogP contribution >= 0.6 is 0 Å². The van der Waals surface area contributed by atoms with Crippen LogP contribution in [0.1, 0.15) is 12.5 Å². The minimum atomic E-state index is -0.886. The first-order valence-electron chi connectivity index (χ1n) is 4.93. The van der Waals surface area contributed by atoms with Crippen molar-refractivity contribution in [3.05, 3.63) is 35.9 Å². The van der Waals surface area contributed by atoms with Gasteiger partial charge < -0.3 is 5.11 Å². The maximum absolute atomic E-state index is 11.0. The van der Waals surface area contributed by atoms with Crippen molar-refractivity contribution in [2.24, 2.45) is 5.84 Å². The second-order valence-electron chi connectivity index (χ2n) is 3.37. The molecule has 0 aliphatic rings. The molecule has 0 bridgehead atoms. The Morgan fingerprint density at radius 3 is 2.53 bits per heavy atom. The van der Waals surface area contributed by atoms with Gasteiger partial charge in [-0.05, 0) is 12.0 Å². The molecule has 0 heterocycles. The zero-order chi connectivity index (χ0) is 11.3. The Labute approximate surface area is 89.3 Å². The summed E-state index contributed by atoms with van der Waals surface area (Å²) < 4.78 is 0. The second-order valence-corrected chi connectivity index (χ2v) is 3.37. The summed E-state index contributed by atoms with van der Waals surface area (Å²) in [5, 5.41) is 10.4. The molecule has 3 N–H and O–H groups in total. The van der Waals surface area contributed by atoms with E-state index >= 15 is 0 Å². The lowest BCUT2D eigenvalue weighted by Crippen LogP contribution is -2.47.